The Balaban J connectivity index is 2.92. The summed E-state index contributed by atoms with van der Waals surface area (Å²) in [4.78, 5) is 0. The number of ether oxygens (including phenoxy) is 2. The van der Waals surface area contributed by atoms with E-state index in [0.29, 0.717) is 18.1 Å². The molecule has 0 amide bonds. The Bertz CT molecular complexity index is 362. The van der Waals surface area contributed by atoms with Crippen molar-refractivity contribution in [2.45, 2.75) is 0 Å². The fraction of sp³-hybridized carbons (Fsp3) is 0.182. The van der Waals surface area contributed by atoms with Crippen molar-refractivity contribution >= 4 is 6.21 Å². The van der Waals surface area contributed by atoms with Crippen LogP contribution in [0.4, 0.5) is 0 Å². The van der Waals surface area contributed by atoms with Crippen molar-refractivity contribution in [1.82, 2.24) is 0 Å². The quantitative estimate of drug-likeness (QED) is 0.344. The summed E-state index contributed by atoms with van der Waals surface area (Å²) in [5, 5.41) is 3.44. The summed E-state index contributed by atoms with van der Waals surface area (Å²) >= 11 is 0. The Morgan fingerprint density at radius 2 is 2.27 bits per heavy atom. The molecule has 0 spiro atoms. The molecule has 15 heavy (non-hydrogen) atoms. The van der Waals surface area contributed by atoms with Gasteiger partial charge < -0.3 is 15.3 Å². The zero-order chi connectivity index (χ0) is 11.1. The van der Waals surface area contributed by atoms with Gasteiger partial charge in [0, 0.05) is 0 Å². The lowest BCUT2D eigenvalue weighted by Crippen LogP contribution is -1.97. The van der Waals surface area contributed by atoms with E-state index in [2.05, 4.69) is 11.7 Å². The van der Waals surface area contributed by atoms with Crippen molar-refractivity contribution in [1.29, 1.82) is 0 Å². The molecule has 0 unspecified atom stereocenters. The molecule has 1 aromatic carbocycles. The average molecular weight is 206 g/mol. The Morgan fingerprint density at radius 3 is 2.87 bits per heavy atom. The molecule has 1 rings (SSSR count). The van der Waals surface area contributed by atoms with E-state index >= 15 is 0 Å². The number of nitrogens with zero attached hydrogens (tertiary/aromatic N) is 1. The predicted octanol–water partition coefficient (Wildman–Crippen LogP) is 1.55. The molecule has 0 saturated heterocycles. The molecule has 0 aliphatic heterocycles. The van der Waals surface area contributed by atoms with Crippen molar-refractivity contribution in [3.8, 4) is 11.5 Å². The molecule has 4 nitrogen and oxygen atoms in total. The number of nitrogens with two attached hydrogens (primary N) is 1. The van der Waals surface area contributed by atoms with Crippen molar-refractivity contribution in [2.24, 2.45) is 10.9 Å². The van der Waals surface area contributed by atoms with E-state index in [1.165, 1.54) is 0 Å². The standard InChI is InChI=1S/C11H14N2O2/c1-3-6-15-10-5-4-9(8-13-12)7-11(10)14-2/h3-5,7-8H,1,6,12H2,2H3. The number of benzene rings is 1. The van der Waals surface area contributed by atoms with Crippen molar-refractivity contribution < 1.29 is 9.47 Å². The molecule has 0 aromatic heterocycles. The molecule has 0 radical (unpaired) electrons. The zero-order valence-electron chi connectivity index (χ0n) is 8.64. The van der Waals surface area contributed by atoms with Crippen molar-refractivity contribution in [2.75, 3.05) is 13.7 Å². The first-order valence-corrected chi connectivity index (χ1v) is 4.46. The SMILES string of the molecule is C=CCOc1ccc(C=NN)cc1OC. The molecule has 0 aliphatic carbocycles. The second-order valence-corrected chi connectivity index (χ2v) is 2.79. The lowest BCUT2D eigenvalue weighted by atomic mass is 10.2. The minimum absolute atomic E-state index is 0.445. The number of hydrogen-bond donors (Lipinski definition) is 1. The molecule has 0 heterocycles. The van der Waals surface area contributed by atoms with Gasteiger partial charge in [0.2, 0.25) is 0 Å². The maximum atomic E-state index is 5.39. The molecule has 0 bridgehead atoms. The second kappa shape index (κ2) is 5.70. The second-order valence-electron chi connectivity index (χ2n) is 2.79. The summed E-state index contributed by atoms with van der Waals surface area (Å²) in [5.41, 5.74) is 0.861. The summed E-state index contributed by atoms with van der Waals surface area (Å²) < 4.78 is 10.6. The van der Waals surface area contributed by atoms with Crippen molar-refractivity contribution in [3.63, 3.8) is 0 Å². The van der Waals surface area contributed by atoms with Gasteiger partial charge in [0.05, 0.1) is 13.3 Å². The van der Waals surface area contributed by atoms with E-state index in [4.69, 9.17) is 15.3 Å². The zero-order valence-corrected chi connectivity index (χ0v) is 8.64. The van der Waals surface area contributed by atoms with Crippen LogP contribution < -0.4 is 15.3 Å². The Labute approximate surface area is 89.0 Å². The van der Waals surface area contributed by atoms with Crippen LogP contribution in [0.15, 0.2) is 36.0 Å². The largest absolute Gasteiger partial charge is 0.493 e. The van der Waals surface area contributed by atoms with Crippen molar-refractivity contribution in [3.05, 3.63) is 36.4 Å². The number of hydrogen-bond acceptors (Lipinski definition) is 4. The first-order chi connectivity index (χ1) is 7.31. The topological polar surface area (TPSA) is 56.8 Å². The molecule has 4 heteroatoms. The minimum atomic E-state index is 0.445. The lowest BCUT2D eigenvalue weighted by molar-refractivity contribution is 0.326. The fourth-order valence-corrected chi connectivity index (χ4v) is 1.12. The summed E-state index contributed by atoms with van der Waals surface area (Å²) in [7, 11) is 1.58. The lowest BCUT2D eigenvalue weighted by Gasteiger charge is -2.09. The fourth-order valence-electron chi connectivity index (χ4n) is 1.12. The Hall–Kier alpha value is -1.97. The molecule has 0 saturated carbocycles. The smallest absolute Gasteiger partial charge is 0.161 e. The van der Waals surface area contributed by atoms with E-state index in [1.807, 2.05) is 6.07 Å². The summed E-state index contributed by atoms with van der Waals surface area (Å²) in [6.07, 6.45) is 3.22. The van der Waals surface area contributed by atoms with Crippen LogP contribution in [0.2, 0.25) is 0 Å². The molecular weight excluding hydrogens is 192 g/mol. The molecule has 80 valence electrons. The van der Waals surface area contributed by atoms with Gasteiger partial charge in [-0.1, -0.05) is 12.7 Å². The average Bonchev–Trinajstić information content (AvgIpc) is 2.27. The number of rotatable bonds is 5. The van der Waals surface area contributed by atoms with Gasteiger partial charge in [-0.3, -0.25) is 0 Å². The summed E-state index contributed by atoms with van der Waals surface area (Å²) in [6, 6.07) is 5.45. The van der Waals surface area contributed by atoms with E-state index in [1.54, 1.807) is 31.5 Å². The number of hydrazone groups is 1. The van der Waals surface area contributed by atoms with Crippen LogP contribution in [0, 0.1) is 0 Å². The van der Waals surface area contributed by atoms with Crippen LogP contribution in [0.3, 0.4) is 0 Å². The van der Waals surface area contributed by atoms with Gasteiger partial charge in [-0.15, -0.1) is 0 Å². The first-order valence-electron chi connectivity index (χ1n) is 4.46. The van der Waals surface area contributed by atoms with E-state index in [9.17, 15) is 0 Å². The third-order valence-electron chi connectivity index (χ3n) is 1.77. The minimum Gasteiger partial charge on any atom is -0.493 e. The van der Waals surface area contributed by atoms with Gasteiger partial charge in [-0.2, -0.15) is 5.10 Å². The van der Waals surface area contributed by atoms with E-state index in [-0.39, 0.29) is 0 Å². The summed E-state index contributed by atoms with van der Waals surface area (Å²) in [6.45, 7) is 4.02. The van der Waals surface area contributed by atoms with Gasteiger partial charge >= 0.3 is 0 Å². The van der Waals surface area contributed by atoms with Crippen LogP contribution in [0.25, 0.3) is 0 Å². The molecule has 0 aliphatic rings. The highest BCUT2D eigenvalue weighted by molar-refractivity contribution is 5.80. The Kier molecular flexibility index (Phi) is 4.22. The van der Waals surface area contributed by atoms with Crippen LogP contribution in [0.5, 0.6) is 11.5 Å². The van der Waals surface area contributed by atoms with Crippen LogP contribution >= 0.6 is 0 Å². The number of methoxy groups -OCH3 is 1. The van der Waals surface area contributed by atoms with Gasteiger partial charge in [-0.25, -0.2) is 0 Å². The van der Waals surface area contributed by atoms with Gasteiger partial charge in [0.1, 0.15) is 6.61 Å². The maximum Gasteiger partial charge on any atom is 0.161 e. The molecule has 2 N–H and O–H groups in total. The van der Waals surface area contributed by atoms with E-state index in [0.717, 1.165) is 5.56 Å². The van der Waals surface area contributed by atoms with Crippen LogP contribution in [-0.4, -0.2) is 19.9 Å². The van der Waals surface area contributed by atoms with Gasteiger partial charge in [0.15, 0.2) is 11.5 Å². The molecular formula is C11H14N2O2. The maximum absolute atomic E-state index is 5.39. The van der Waals surface area contributed by atoms with E-state index < -0.39 is 0 Å². The molecule has 0 atom stereocenters. The molecule has 1 aromatic rings. The van der Waals surface area contributed by atoms with Crippen LogP contribution in [-0.2, 0) is 0 Å². The third kappa shape index (κ3) is 3.02. The van der Waals surface area contributed by atoms with Crippen LogP contribution in [0.1, 0.15) is 5.56 Å². The highest BCUT2D eigenvalue weighted by Crippen LogP contribution is 2.27. The predicted molar refractivity (Wildman–Crippen MR) is 60.5 cm³/mol. The highest BCUT2D eigenvalue weighted by Gasteiger charge is 2.03. The van der Waals surface area contributed by atoms with Gasteiger partial charge in [0.25, 0.3) is 0 Å². The third-order valence-corrected chi connectivity index (χ3v) is 1.77. The normalized spacial score (nSPS) is 10.2. The first kappa shape index (κ1) is 11.1. The highest BCUT2D eigenvalue weighted by atomic mass is 16.5. The van der Waals surface area contributed by atoms with Gasteiger partial charge in [-0.05, 0) is 23.8 Å². The summed E-state index contributed by atoms with van der Waals surface area (Å²) in [5.74, 6) is 6.37. The Morgan fingerprint density at radius 1 is 1.47 bits per heavy atom. The molecule has 0 fully saturated rings. The monoisotopic (exact) mass is 206 g/mol.